The summed E-state index contributed by atoms with van der Waals surface area (Å²) in [7, 11) is 0. The third-order valence-corrected chi connectivity index (χ3v) is 4.47. The third kappa shape index (κ3) is 2.13. The summed E-state index contributed by atoms with van der Waals surface area (Å²) in [5.74, 6) is 1.70. The molecular weight excluding hydrogens is 234 g/mol. The highest BCUT2D eigenvalue weighted by Crippen LogP contribution is 2.61. The molecule has 2 saturated carbocycles. The highest BCUT2D eigenvalue weighted by molar-refractivity contribution is 6.31. The van der Waals surface area contributed by atoms with Crippen molar-refractivity contribution >= 4 is 17.4 Å². The number of hydrogen-bond donors (Lipinski definition) is 1. The van der Waals surface area contributed by atoms with Crippen molar-refractivity contribution in [2.24, 2.45) is 11.3 Å². The van der Waals surface area contributed by atoms with Crippen LogP contribution < -0.4 is 5.32 Å². The number of nitrogens with zero attached hydrogens (tertiary/aromatic N) is 2. The van der Waals surface area contributed by atoms with E-state index in [2.05, 4.69) is 15.3 Å². The van der Waals surface area contributed by atoms with E-state index < -0.39 is 0 Å². The summed E-state index contributed by atoms with van der Waals surface area (Å²) in [4.78, 5) is 8.77. The van der Waals surface area contributed by atoms with Crippen molar-refractivity contribution in [2.75, 3.05) is 11.9 Å². The first-order chi connectivity index (χ1) is 8.11. The Bertz CT molecular complexity index is 450. The van der Waals surface area contributed by atoms with E-state index in [-0.39, 0.29) is 0 Å². The molecule has 0 bridgehead atoms. The zero-order chi connectivity index (χ0) is 12.0. The zero-order valence-corrected chi connectivity index (χ0v) is 11.1. The molecule has 0 spiro atoms. The Hall–Kier alpha value is -0.830. The molecule has 0 atom stereocenters. The molecule has 17 heavy (non-hydrogen) atoms. The van der Waals surface area contributed by atoms with Gasteiger partial charge < -0.3 is 5.32 Å². The number of hydrogen-bond acceptors (Lipinski definition) is 3. The minimum atomic E-state index is 0.500. The summed E-state index contributed by atoms with van der Waals surface area (Å²) in [6.07, 6.45) is 5.54. The van der Waals surface area contributed by atoms with Crippen molar-refractivity contribution in [3.63, 3.8) is 0 Å². The van der Waals surface area contributed by atoms with Gasteiger partial charge >= 0.3 is 0 Å². The van der Waals surface area contributed by atoms with Gasteiger partial charge in [0.05, 0.1) is 11.4 Å². The summed E-state index contributed by atoms with van der Waals surface area (Å²) in [5.41, 5.74) is 2.42. The molecule has 1 heterocycles. The molecule has 1 N–H and O–H groups in total. The molecule has 1 aromatic rings. The van der Waals surface area contributed by atoms with Crippen LogP contribution in [0.2, 0.25) is 5.15 Å². The Balaban J connectivity index is 1.70. The molecule has 0 aliphatic heterocycles. The molecule has 0 aromatic carbocycles. The second kappa shape index (κ2) is 3.84. The third-order valence-electron chi connectivity index (χ3n) is 4.21. The topological polar surface area (TPSA) is 37.8 Å². The maximum atomic E-state index is 6.11. The fourth-order valence-corrected chi connectivity index (χ4v) is 2.77. The summed E-state index contributed by atoms with van der Waals surface area (Å²) in [6, 6.07) is 0. The fraction of sp³-hybridized carbons (Fsp3) is 0.692. The predicted octanol–water partition coefficient (Wildman–Crippen LogP) is 3.35. The Labute approximate surface area is 107 Å². The minimum absolute atomic E-state index is 0.500. The van der Waals surface area contributed by atoms with Crippen LogP contribution in [-0.4, -0.2) is 16.5 Å². The van der Waals surface area contributed by atoms with Crippen LogP contribution in [0.15, 0.2) is 0 Å². The van der Waals surface area contributed by atoms with Gasteiger partial charge in [-0.05, 0) is 50.9 Å². The predicted molar refractivity (Wildman–Crippen MR) is 69.4 cm³/mol. The highest BCUT2D eigenvalue weighted by atomic mass is 35.5. The molecule has 0 unspecified atom stereocenters. The lowest BCUT2D eigenvalue weighted by molar-refractivity contribution is 0.466. The molecule has 2 aliphatic rings. The number of halogens is 1. The van der Waals surface area contributed by atoms with Crippen molar-refractivity contribution in [1.82, 2.24) is 9.97 Å². The number of anilines is 1. The number of nitrogens with one attached hydrogen (secondary N) is 1. The van der Waals surface area contributed by atoms with Crippen LogP contribution in [0.1, 0.15) is 37.1 Å². The first-order valence-electron chi connectivity index (χ1n) is 6.35. The minimum Gasteiger partial charge on any atom is -0.367 e. The first-order valence-corrected chi connectivity index (χ1v) is 6.73. The van der Waals surface area contributed by atoms with Gasteiger partial charge in [0.2, 0.25) is 0 Å². The number of aryl methyl sites for hydroxylation is 2. The van der Waals surface area contributed by atoms with Crippen LogP contribution >= 0.6 is 11.6 Å². The maximum Gasteiger partial charge on any atom is 0.171 e. The Kier molecular flexibility index (Phi) is 2.54. The Morgan fingerprint density at radius 3 is 2.47 bits per heavy atom. The summed E-state index contributed by atoms with van der Waals surface area (Å²) in [6.45, 7) is 4.91. The van der Waals surface area contributed by atoms with Gasteiger partial charge in [-0.1, -0.05) is 11.6 Å². The lowest BCUT2D eigenvalue weighted by atomic mass is 10.0. The first kappa shape index (κ1) is 11.3. The van der Waals surface area contributed by atoms with Crippen molar-refractivity contribution in [2.45, 2.75) is 39.5 Å². The molecule has 1 aromatic heterocycles. The van der Waals surface area contributed by atoms with E-state index in [4.69, 9.17) is 11.6 Å². The molecule has 0 saturated heterocycles. The molecule has 2 aliphatic carbocycles. The van der Waals surface area contributed by atoms with E-state index in [1.807, 2.05) is 13.8 Å². The number of rotatable bonds is 4. The zero-order valence-electron chi connectivity index (χ0n) is 10.4. The monoisotopic (exact) mass is 251 g/mol. The average Bonchev–Trinajstić information content (AvgIpc) is 3.14. The van der Waals surface area contributed by atoms with Gasteiger partial charge in [0.1, 0.15) is 0 Å². The standard InChI is InChI=1S/C13H18ClN3/c1-8-9(2)17-12(11(14)16-8)15-7-13(5-6-13)10-3-4-10/h10H,3-7H2,1-2H3,(H,15,17). The Morgan fingerprint density at radius 1 is 1.24 bits per heavy atom. The van der Waals surface area contributed by atoms with Crippen molar-refractivity contribution in [3.05, 3.63) is 16.5 Å². The molecule has 2 fully saturated rings. The van der Waals surface area contributed by atoms with E-state index >= 15 is 0 Å². The molecule has 3 nitrogen and oxygen atoms in total. The van der Waals surface area contributed by atoms with Gasteiger partial charge in [0.25, 0.3) is 0 Å². The van der Waals surface area contributed by atoms with Crippen LogP contribution in [0.4, 0.5) is 5.82 Å². The van der Waals surface area contributed by atoms with Crippen molar-refractivity contribution < 1.29 is 0 Å². The fourth-order valence-electron chi connectivity index (χ4n) is 2.53. The number of aromatic nitrogens is 2. The smallest absolute Gasteiger partial charge is 0.171 e. The average molecular weight is 252 g/mol. The molecule has 92 valence electrons. The van der Waals surface area contributed by atoms with Crippen LogP contribution in [0.5, 0.6) is 0 Å². The second-order valence-corrected chi connectivity index (χ2v) is 5.88. The summed E-state index contributed by atoms with van der Waals surface area (Å²) in [5, 5.41) is 3.90. The SMILES string of the molecule is Cc1nc(Cl)c(NCC2(C3CC3)CC2)nc1C. The van der Waals surface area contributed by atoms with Crippen LogP contribution in [0.3, 0.4) is 0 Å². The molecule has 4 heteroatoms. The van der Waals surface area contributed by atoms with E-state index in [1.165, 1.54) is 25.7 Å². The summed E-state index contributed by atoms with van der Waals surface area (Å²) >= 11 is 6.11. The van der Waals surface area contributed by atoms with E-state index in [0.717, 1.165) is 29.7 Å². The van der Waals surface area contributed by atoms with Crippen LogP contribution in [0.25, 0.3) is 0 Å². The van der Waals surface area contributed by atoms with Crippen molar-refractivity contribution in [1.29, 1.82) is 0 Å². The maximum absolute atomic E-state index is 6.11. The highest BCUT2D eigenvalue weighted by Gasteiger charge is 2.53. The van der Waals surface area contributed by atoms with E-state index in [1.54, 1.807) is 0 Å². The van der Waals surface area contributed by atoms with Crippen LogP contribution in [-0.2, 0) is 0 Å². The van der Waals surface area contributed by atoms with E-state index in [0.29, 0.717) is 10.6 Å². The lowest BCUT2D eigenvalue weighted by Crippen LogP contribution is -2.18. The molecule has 3 rings (SSSR count). The van der Waals surface area contributed by atoms with Crippen molar-refractivity contribution in [3.8, 4) is 0 Å². The molecular formula is C13H18ClN3. The van der Waals surface area contributed by atoms with Crippen LogP contribution in [0, 0.1) is 25.2 Å². The molecule has 0 amide bonds. The van der Waals surface area contributed by atoms with E-state index in [9.17, 15) is 0 Å². The summed E-state index contributed by atoms with van der Waals surface area (Å²) < 4.78 is 0. The quantitative estimate of drug-likeness (QED) is 0.892. The lowest BCUT2D eigenvalue weighted by Gasteiger charge is -2.16. The second-order valence-electron chi connectivity index (χ2n) is 5.52. The van der Waals surface area contributed by atoms with Gasteiger partial charge in [0.15, 0.2) is 11.0 Å². The normalized spacial score (nSPS) is 21.4. The largest absolute Gasteiger partial charge is 0.367 e. The van der Waals surface area contributed by atoms with Gasteiger partial charge in [-0.15, -0.1) is 0 Å². The van der Waals surface area contributed by atoms with Gasteiger partial charge in [-0.25, -0.2) is 9.97 Å². The Morgan fingerprint density at radius 2 is 1.88 bits per heavy atom. The van der Waals surface area contributed by atoms with Gasteiger partial charge in [-0.3, -0.25) is 0 Å². The van der Waals surface area contributed by atoms with Gasteiger partial charge in [0, 0.05) is 6.54 Å². The van der Waals surface area contributed by atoms with Gasteiger partial charge in [-0.2, -0.15) is 0 Å². The molecule has 0 radical (unpaired) electrons.